The lowest BCUT2D eigenvalue weighted by molar-refractivity contribution is 0.125. The van der Waals surface area contributed by atoms with Crippen LogP contribution in [0.25, 0.3) is 22.3 Å². The van der Waals surface area contributed by atoms with Crippen LogP contribution in [0.4, 0.5) is 15.0 Å². The molecule has 8 heteroatoms. The number of nitrogens with zero attached hydrogens (tertiary/aromatic N) is 4. The number of aromatic hydroxyl groups is 1. The normalized spacial score (nSPS) is 15.5. The van der Waals surface area contributed by atoms with Gasteiger partial charge in [-0.05, 0) is 48.7 Å². The van der Waals surface area contributed by atoms with Crippen LogP contribution in [0.2, 0.25) is 0 Å². The van der Waals surface area contributed by atoms with Crippen LogP contribution < -0.4 is 4.90 Å². The van der Waals surface area contributed by atoms with Crippen LogP contribution in [0, 0.1) is 12.7 Å². The van der Waals surface area contributed by atoms with Crippen molar-refractivity contribution in [2.24, 2.45) is 0 Å². The van der Waals surface area contributed by atoms with Crippen molar-refractivity contribution in [2.45, 2.75) is 25.9 Å². The molecule has 1 atom stereocenters. The minimum Gasteiger partial charge on any atom is -0.507 e. The lowest BCUT2D eigenvalue weighted by atomic mass is 10.1. The Morgan fingerprint density at radius 3 is 2.66 bits per heavy atom. The summed E-state index contributed by atoms with van der Waals surface area (Å²) in [5.74, 6) is -0.152. The first-order valence-electron chi connectivity index (χ1n) is 11.5. The highest BCUT2D eigenvalue weighted by molar-refractivity contribution is 5.92. The molecule has 0 aliphatic carbocycles. The number of aromatic nitrogens is 2. The number of phenols is 1. The van der Waals surface area contributed by atoms with E-state index in [-0.39, 0.29) is 23.2 Å². The van der Waals surface area contributed by atoms with Crippen molar-refractivity contribution >= 4 is 22.8 Å². The number of halogens is 1. The molecule has 2 N–H and O–H groups in total. The summed E-state index contributed by atoms with van der Waals surface area (Å²) in [5, 5.41) is 21.1. The first-order valence-corrected chi connectivity index (χ1v) is 11.5. The Hall–Kier alpha value is -4.20. The average molecular weight is 473 g/mol. The zero-order chi connectivity index (χ0) is 24.5. The van der Waals surface area contributed by atoms with Crippen LogP contribution in [0.1, 0.15) is 17.5 Å². The molecule has 1 aliphatic rings. The van der Waals surface area contributed by atoms with Gasteiger partial charge in [-0.3, -0.25) is 4.90 Å². The summed E-state index contributed by atoms with van der Waals surface area (Å²) in [6.07, 6.45) is -0.336. The number of hydrogen-bond donors (Lipinski definition) is 2. The molecule has 1 saturated heterocycles. The highest BCUT2D eigenvalue weighted by atomic mass is 19.1. The lowest BCUT2D eigenvalue weighted by Gasteiger charge is -2.27. The van der Waals surface area contributed by atoms with E-state index in [0.717, 1.165) is 16.5 Å². The average Bonchev–Trinajstić information content (AvgIpc) is 3.32. The third-order valence-electron chi connectivity index (χ3n) is 6.39. The number of aryl methyl sites for hydroxylation is 1. The quantitative estimate of drug-likeness (QED) is 0.415. The third kappa shape index (κ3) is 4.47. The molecule has 1 amide bonds. The van der Waals surface area contributed by atoms with Gasteiger partial charge in [0.1, 0.15) is 17.4 Å². The second kappa shape index (κ2) is 9.21. The molecule has 0 bridgehead atoms. The number of rotatable bonds is 5. The van der Waals surface area contributed by atoms with Crippen LogP contribution in [0.5, 0.6) is 5.75 Å². The van der Waals surface area contributed by atoms with Crippen molar-refractivity contribution in [1.29, 1.82) is 0 Å². The molecule has 1 aromatic heterocycles. The predicted molar refractivity (Wildman–Crippen MR) is 132 cm³/mol. The van der Waals surface area contributed by atoms with Gasteiger partial charge in [-0.2, -0.15) is 0 Å². The molecule has 4 aromatic rings. The molecule has 2 heterocycles. The summed E-state index contributed by atoms with van der Waals surface area (Å²) < 4.78 is 14.7. The molecule has 178 valence electrons. The van der Waals surface area contributed by atoms with Gasteiger partial charge in [0, 0.05) is 25.0 Å². The summed E-state index contributed by atoms with van der Waals surface area (Å²) in [6, 6.07) is 19.2. The summed E-state index contributed by atoms with van der Waals surface area (Å²) in [5.41, 5.74) is 2.50. The highest BCUT2D eigenvalue weighted by Gasteiger charge is 2.32. The van der Waals surface area contributed by atoms with Crippen molar-refractivity contribution in [3.8, 4) is 17.1 Å². The van der Waals surface area contributed by atoms with Gasteiger partial charge in [0.25, 0.3) is 0 Å². The van der Waals surface area contributed by atoms with E-state index in [2.05, 4.69) is 9.97 Å². The van der Waals surface area contributed by atoms with E-state index in [1.54, 1.807) is 0 Å². The molecule has 0 spiro atoms. The highest BCUT2D eigenvalue weighted by Crippen LogP contribution is 2.35. The number of amides is 1. The van der Waals surface area contributed by atoms with Gasteiger partial charge in [0.05, 0.1) is 17.1 Å². The van der Waals surface area contributed by atoms with Crippen LogP contribution in [0.3, 0.4) is 0 Å². The molecule has 0 saturated carbocycles. The van der Waals surface area contributed by atoms with Gasteiger partial charge in [-0.25, -0.2) is 19.2 Å². The maximum absolute atomic E-state index is 14.7. The predicted octanol–water partition coefficient (Wildman–Crippen LogP) is 5.21. The van der Waals surface area contributed by atoms with Gasteiger partial charge in [0.15, 0.2) is 5.82 Å². The van der Waals surface area contributed by atoms with Crippen molar-refractivity contribution in [3.05, 3.63) is 83.7 Å². The van der Waals surface area contributed by atoms with Gasteiger partial charge in [-0.1, -0.05) is 42.5 Å². The molecule has 0 radical (unpaired) electrons. The van der Waals surface area contributed by atoms with E-state index in [9.17, 15) is 19.4 Å². The second-order valence-electron chi connectivity index (χ2n) is 8.81. The Morgan fingerprint density at radius 2 is 1.91 bits per heavy atom. The van der Waals surface area contributed by atoms with Crippen LogP contribution in [-0.4, -0.2) is 50.3 Å². The third-order valence-corrected chi connectivity index (χ3v) is 6.39. The summed E-state index contributed by atoms with van der Waals surface area (Å²) in [6.45, 7) is 3.28. The zero-order valence-electron chi connectivity index (χ0n) is 19.2. The topological polar surface area (TPSA) is 89.8 Å². The second-order valence-corrected chi connectivity index (χ2v) is 8.81. The number of benzene rings is 3. The molecule has 1 fully saturated rings. The van der Waals surface area contributed by atoms with Crippen molar-refractivity contribution < 1.29 is 19.4 Å². The molecule has 35 heavy (non-hydrogen) atoms. The summed E-state index contributed by atoms with van der Waals surface area (Å²) in [7, 11) is 0. The smallest absolute Gasteiger partial charge is 0.407 e. The van der Waals surface area contributed by atoms with E-state index in [0.29, 0.717) is 37.4 Å². The Morgan fingerprint density at radius 1 is 1.11 bits per heavy atom. The number of phenolic OH excluding ortho intramolecular Hbond substituents is 1. The Kier molecular flexibility index (Phi) is 5.94. The van der Waals surface area contributed by atoms with E-state index < -0.39 is 11.9 Å². The number of carbonyl (C=O) groups is 1. The minimum absolute atomic E-state index is 0.0517. The number of carboxylic acid groups (broad SMARTS) is 1. The maximum Gasteiger partial charge on any atom is 0.407 e. The van der Waals surface area contributed by atoms with Crippen molar-refractivity contribution in [2.75, 3.05) is 18.0 Å². The molecular weight excluding hydrogens is 447 g/mol. The van der Waals surface area contributed by atoms with Gasteiger partial charge in [-0.15, -0.1) is 0 Å². The monoisotopic (exact) mass is 472 g/mol. The van der Waals surface area contributed by atoms with E-state index in [1.165, 1.54) is 23.1 Å². The molecule has 7 nitrogen and oxygen atoms in total. The zero-order valence-corrected chi connectivity index (χ0v) is 19.2. The van der Waals surface area contributed by atoms with Crippen LogP contribution in [0.15, 0.2) is 66.7 Å². The minimum atomic E-state index is -0.971. The Bertz CT molecular complexity index is 1380. The standard InChI is InChI=1S/C27H25FN4O3/c1-17-10-11-20-22(14-17)29-25(24-21(28)8-5-9-23(24)33)30-26(20)31-13-12-19(16-31)32(27(34)35)15-18-6-3-2-4-7-18/h2-11,14,19,33H,12-13,15-16H2,1H3,(H,34,35). The molecule has 5 rings (SSSR count). The molecule has 1 unspecified atom stereocenters. The maximum atomic E-state index is 14.7. The van der Waals surface area contributed by atoms with Crippen molar-refractivity contribution in [1.82, 2.24) is 14.9 Å². The fourth-order valence-corrected chi connectivity index (χ4v) is 4.63. The fraction of sp³-hybridized carbons (Fsp3) is 0.222. The largest absolute Gasteiger partial charge is 0.507 e. The molecule has 3 aromatic carbocycles. The fourth-order valence-electron chi connectivity index (χ4n) is 4.63. The van der Waals surface area contributed by atoms with Gasteiger partial charge >= 0.3 is 6.09 Å². The first kappa shape index (κ1) is 22.6. The summed E-state index contributed by atoms with van der Waals surface area (Å²) in [4.78, 5) is 24.8. The number of fused-ring (bicyclic) bond motifs is 1. The molecule has 1 aliphatic heterocycles. The van der Waals surface area contributed by atoms with E-state index >= 15 is 0 Å². The number of anilines is 1. The van der Waals surface area contributed by atoms with Gasteiger partial charge in [0.2, 0.25) is 0 Å². The Labute approximate surface area is 202 Å². The van der Waals surface area contributed by atoms with Crippen LogP contribution in [-0.2, 0) is 6.54 Å². The van der Waals surface area contributed by atoms with Crippen LogP contribution >= 0.6 is 0 Å². The number of hydrogen-bond acceptors (Lipinski definition) is 5. The first-order chi connectivity index (χ1) is 16.9. The molecular formula is C27H25FN4O3. The summed E-state index contributed by atoms with van der Waals surface area (Å²) >= 11 is 0. The van der Waals surface area contributed by atoms with Crippen molar-refractivity contribution in [3.63, 3.8) is 0 Å². The Balaban J connectivity index is 1.52. The van der Waals surface area contributed by atoms with E-state index in [1.807, 2.05) is 60.4 Å². The van der Waals surface area contributed by atoms with E-state index in [4.69, 9.17) is 0 Å². The lowest BCUT2D eigenvalue weighted by Crippen LogP contribution is -2.40. The SMILES string of the molecule is Cc1ccc2c(N3CCC(N(Cc4ccccc4)C(=O)O)C3)nc(-c3c(O)cccc3F)nc2c1. The van der Waals surface area contributed by atoms with Gasteiger partial charge < -0.3 is 15.1 Å².